The first-order chi connectivity index (χ1) is 9.81. The number of unbranched alkanes of at least 4 members (excludes halogenated alkanes) is 1. The van der Waals surface area contributed by atoms with Crippen molar-refractivity contribution >= 4 is 6.08 Å². The molecule has 0 radical (unpaired) electrons. The Morgan fingerprint density at radius 2 is 1.80 bits per heavy atom. The Labute approximate surface area is 121 Å². The number of aromatic hydroxyl groups is 1. The van der Waals surface area contributed by atoms with Gasteiger partial charge in [0.2, 0.25) is 0 Å². The highest BCUT2D eigenvalue weighted by molar-refractivity contribution is 5.50. The van der Waals surface area contributed by atoms with Gasteiger partial charge >= 0.3 is 0 Å². The molecule has 0 aromatic heterocycles. The summed E-state index contributed by atoms with van der Waals surface area (Å²) in [5.74, 6) is 0.413. The number of hydrogen-bond donors (Lipinski definition) is 1. The maximum Gasteiger partial charge on any atom is 0.119 e. The van der Waals surface area contributed by atoms with Gasteiger partial charge in [0.05, 0.1) is 0 Å². The highest BCUT2D eigenvalue weighted by atomic mass is 16.3. The molecule has 0 bridgehead atoms. The molecule has 0 aliphatic carbocycles. The maximum atomic E-state index is 10.1. The van der Waals surface area contributed by atoms with Gasteiger partial charge in [-0.15, -0.1) is 0 Å². The molecular formula is C19H22O. The summed E-state index contributed by atoms with van der Waals surface area (Å²) >= 11 is 0. The molecule has 0 saturated heterocycles. The van der Waals surface area contributed by atoms with Crippen molar-refractivity contribution in [3.63, 3.8) is 0 Å². The third kappa shape index (κ3) is 3.99. The average molecular weight is 266 g/mol. The molecule has 0 atom stereocenters. The van der Waals surface area contributed by atoms with Crippen LogP contribution in [0, 0.1) is 0 Å². The third-order valence-corrected chi connectivity index (χ3v) is 3.48. The fraction of sp³-hybridized carbons (Fsp3) is 0.263. The Bertz CT molecular complexity index is 555. The zero-order valence-corrected chi connectivity index (χ0v) is 12.0. The summed E-state index contributed by atoms with van der Waals surface area (Å²) in [7, 11) is 0. The number of phenols is 1. The molecule has 0 unspecified atom stereocenters. The van der Waals surface area contributed by atoms with Crippen LogP contribution in [0.4, 0.5) is 0 Å². The van der Waals surface area contributed by atoms with Crippen LogP contribution in [-0.2, 0) is 12.8 Å². The lowest BCUT2D eigenvalue weighted by Gasteiger charge is -2.09. The molecule has 0 aliphatic rings. The molecule has 0 spiro atoms. The van der Waals surface area contributed by atoms with E-state index in [2.05, 4.69) is 37.3 Å². The van der Waals surface area contributed by atoms with Gasteiger partial charge in [0.1, 0.15) is 5.75 Å². The number of hydrogen-bond acceptors (Lipinski definition) is 1. The molecule has 2 aromatic carbocycles. The van der Waals surface area contributed by atoms with Gasteiger partial charge in [0.25, 0.3) is 0 Å². The van der Waals surface area contributed by atoms with Gasteiger partial charge in [-0.2, -0.15) is 0 Å². The van der Waals surface area contributed by atoms with Gasteiger partial charge in [0.15, 0.2) is 0 Å². The van der Waals surface area contributed by atoms with Crippen molar-refractivity contribution in [3.05, 3.63) is 71.3 Å². The first kappa shape index (κ1) is 14.4. The van der Waals surface area contributed by atoms with Crippen molar-refractivity contribution in [1.82, 2.24) is 0 Å². The van der Waals surface area contributed by atoms with Crippen molar-refractivity contribution < 1.29 is 5.11 Å². The summed E-state index contributed by atoms with van der Waals surface area (Å²) in [5.41, 5.74) is 3.52. The van der Waals surface area contributed by atoms with E-state index >= 15 is 0 Å². The van der Waals surface area contributed by atoms with Crippen LogP contribution in [0.2, 0.25) is 0 Å². The Morgan fingerprint density at radius 1 is 1.00 bits per heavy atom. The Morgan fingerprint density at radius 3 is 2.55 bits per heavy atom. The first-order valence-electron chi connectivity index (χ1n) is 7.32. The van der Waals surface area contributed by atoms with E-state index in [0.717, 1.165) is 18.4 Å². The summed E-state index contributed by atoms with van der Waals surface area (Å²) < 4.78 is 0. The monoisotopic (exact) mass is 266 g/mol. The lowest BCUT2D eigenvalue weighted by molar-refractivity contribution is 0.468. The van der Waals surface area contributed by atoms with Crippen LogP contribution in [0.15, 0.2) is 54.6 Å². The van der Waals surface area contributed by atoms with Gasteiger partial charge in [-0.05, 0) is 36.5 Å². The van der Waals surface area contributed by atoms with E-state index in [1.165, 1.54) is 24.0 Å². The van der Waals surface area contributed by atoms with E-state index in [1.54, 1.807) is 6.07 Å². The molecule has 1 nitrogen and oxygen atoms in total. The molecule has 0 aliphatic heterocycles. The predicted octanol–water partition coefficient (Wildman–Crippen LogP) is 4.99. The molecule has 0 fully saturated rings. The standard InChI is InChI=1S/C19H22O/c1-2-3-12-17-13-8-15-19(20)18(17)14-7-11-16-9-5-4-6-10-16/h4-11,13,15,20H,2-3,12,14H2,1H3. The van der Waals surface area contributed by atoms with Gasteiger partial charge in [-0.1, -0.05) is 68.0 Å². The molecule has 0 saturated carbocycles. The average Bonchev–Trinajstić information content (AvgIpc) is 2.48. The van der Waals surface area contributed by atoms with Crippen LogP contribution in [0.25, 0.3) is 6.08 Å². The Kier molecular flexibility index (Phi) is 5.43. The van der Waals surface area contributed by atoms with Gasteiger partial charge < -0.3 is 5.11 Å². The van der Waals surface area contributed by atoms with E-state index in [-0.39, 0.29) is 0 Å². The molecular weight excluding hydrogens is 244 g/mol. The third-order valence-electron chi connectivity index (χ3n) is 3.48. The van der Waals surface area contributed by atoms with Crippen LogP contribution in [0.1, 0.15) is 36.5 Å². The van der Waals surface area contributed by atoms with Gasteiger partial charge in [-0.3, -0.25) is 0 Å². The number of allylic oxidation sites excluding steroid dienone is 1. The SMILES string of the molecule is CCCCc1cccc(O)c1CC=Cc1ccccc1. The largest absolute Gasteiger partial charge is 0.508 e. The Balaban J connectivity index is 2.10. The van der Waals surface area contributed by atoms with Crippen LogP contribution in [0.5, 0.6) is 5.75 Å². The zero-order valence-electron chi connectivity index (χ0n) is 12.0. The number of benzene rings is 2. The number of rotatable bonds is 6. The molecule has 1 heteroatoms. The quantitative estimate of drug-likeness (QED) is 0.781. The van der Waals surface area contributed by atoms with Crippen molar-refractivity contribution in [2.75, 3.05) is 0 Å². The second kappa shape index (κ2) is 7.54. The number of aryl methyl sites for hydroxylation is 1. The molecule has 0 heterocycles. The second-order valence-corrected chi connectivity index (χ2v) is 5.04. The van der Waals surface area contributed by atoms with Crippen molar-refractivity contribution in [3.8, 4) is 5.75 Å². The molecule has 104 valence electrons. The summed E-state index contributed by atoms with van der Waals surface area (Å²) in [5, 5.41) is 10.1. The smallest absolute Gasteiger partial charge is 0.119 e. The Hall–Kier alpha value is -2.02. The maximum absolute atomic E-state index is 10.1. The minimum Gasteiger partial charge on any atom is -0.508 e. The minimum absolute atomic E-state index is 0.413. The van der Waals surface area contributed by atoms with Crippen molar-refractivity contribution in [2.45, 2.75) is 32.6 Å². The molecule has 2 rings (SSSR count). The normalized spacial score (nSPS) is 11.1. The van der Waals surface area contributed by atoms with Crippen molar-refractivity contribution in [2.24, 2.45) is 0 Å². The summed E-state index contributed by atoms with van der Waals surface area (Å²) in [6, 6.07) is 16.1. The minimum atomic E-state index is 0.413. The predicted molar refractivity (Wildman–Crippen MR) is 85.9 cm³/mol. The van der Waals surface area contributed by atoms with E-state index in [9.17, 15) is 5.11 Å². The first-order valence-corrected chi connectivity index (χ1v) is 7.32. The van der Waals surface area contributed by atoms with E-state index in [4.69, 9.17) is 0 Å². The van der Waals surface area contributed by atoms with Crippen LogP contribution in [0.3, 0.4) is 0 Å². The van der Waals surface area contributed by atoms with Crippen LogP contribution in [-0.4, -0.2) is 5.11 Å². The van der Waals surface area contributed by atoms with E-state index in [0.29, 0.717) is 5.75 Å². The zero-order chi connectivity index (χ0) is 14.2. The summed E-state index contributed by atoms with van der Waals surface area (Å²) in [6.45, 7) is 2.19. The molecule has 1 N–H and O–H groups in total. The molecule has 20 heavy (non-hydrogen) atoms. The molecule has 0 amide bonds. The topological polar surface area (TPSA) is 20.2 Å². The highest BCUT2D eigenvalue weighted by Crippen LogP contribution is 2.23. The van der Waals surface area contributed by atoms with Crippen LogP contribution >= 0.6 is 0 Å². The lowest BCUT2D eigenvalue weighted by atomic mass is 9.98. The summed E-state index contributed by atoms with van der Waals surface area (Å²) in [6.07, 6.45) is 8.39. The lowest BCUT2D eigenvalue weighted by Crippen LogP contribution is -1.94. The fourth-order valence-corrected chi connectivity index (χ4v) is 2.34. The highest BCUT2D eigenvalue weighted by Gasteiger charge is 2.05. The summed E-state index contributed by atoms with van der Waals surface area (Å²) in [4.78, 5) is 0. The van der Waals surface area contributed by atoms with Crippen molar-refractivity contribution in [1.29, 1.82) is 0 Å². The fourth-order valence-electron chi connectivity index (χ4n) is 2.34. The van der Waals surface area contributed by atoms with Gasteiger partial charge in [0, 0.05) is 5.56 Å². The second-order valence-electron chi connectivity index (χ2n) is 5.04. The van der Waals surface area contributed by atoms with Crippen LogP contribution < -0.4 is 0 Å². The molecule has 2 aromatic rings. The van der Waals surface area contributed by atoms with Gasteiger partial charge in [-0.25, -0.2) is 0 Å². The van der Waals surface area contributed by atoms with E-state index in [1.807, 2.05) is 24.3 Å². The van der Waals surface area contributed by atoms with E-state index < -0.39 is 0 Å². The number of phenolic OH excluding ortho intramolecular Hbond substituents is 1.